The van der Waals surface area contributed by atoms with E-state index < -0.39 is 0 Å². The van der Waals surface area contributed by atoms with Gasteiger partial charge in [0.05, 0.1) is 25.4 Å². The number of carbonyl (C=O) groups excluding carboxylic acids is 1. The molecular weight excluding hydrogens is 320 g/mol. The Morgan fingerprint density at radius 1 is 1.36 bits per heavy atom. The third kappa shape index (κ3) is 4.32. The Kier molecular flexibility index (Phi) is 5.94. The zero-order chi connectivity index (χ0) is 17.6. The van der Waals surface area contributed by atoms with Gasteiger partial charge in [-0.3, -0.25) is 9.69 Å². The molecule has 1 saturated heterocycles. The Morgan fingerprint density at radius 3 is 2.92 bits per heavy atom. The van der Waals surface area contributed by atoms with Crippen molar-refractivity contribution >= 4 is 12.0 Å². The molecule has 1 fully saturated rings. The maximum atomic E-state index is 12.5. The first kappa shape index (κ1) is 17.8. The van der Waals surface area contributed by atoms with E-state index in [0.717, 1.165) is 37.6 Å². The largest absolute Gasteiger partial charge is 0.490 e. The number of hydrogen-bond acceptors (Lipinski definition) is 5. The fourth-order valence-corrected chi connectivity index (χ4v) is 3.08. The molecule has 1 aromatic carbocycles. The fourth-order valence-electron chi connectivity index (χ4n) is 3.08. The lowest BCUT2D eigenvalue weighted by Gasteiger charge is -2.32. The summed E-state index contributed by atoms with van der Waals surface area (Å²) in [6.45, 7) is 8.86. The van der Waals surface area contributed by atoms with E-state index in [1.54, 1.807) is 0 Å². The highest BCUT2D eigenvalue weighted by Gasteiger charge is 2.22. The number of fused-ring (bicyclic) bond motifs is 1. The van der Waals surface area contributed by atoms with Crippen LogP contribution in [-0.2, 0) is 9.53 Å². The quantitative estimate of drug-likeness (QED) is 0.850. The van der Waals surface area contributed by atoms with Gasteiger partial charge in [-0.15, -0.1) is 0 Å². The van der Waals surface area contributed by atoms with E-state index >= 15 is 0 Å². The van der Waals surface area contributed by atoms with E-state index in [9.17, 15) is 4.79 Å². The predicted octanol–water partition coefficient (Wildman–Crippen LogP) is 1.70. The molecule has 6 heteroatoms. The van der Waals surface area contributed by atoms with Crippen molar-refractivity contribution in [2.75, 3.05) is 46.1 Å². The molecule has 1 aromatic rings. The highest BCUT2D eigenvalue weighted by atomic mass is 16.5. The van der Waals surface area contributed by atoms with Gasteiger partial charge in [-0.2, -0.15) is 0 Å². The van der Waals surface area contributed by atoms with Crippen LogP contribution in [0.1, 0.15) is 19.4 Å². The van der Waals surface area contributed by atoms with E-state index in [1.807, 2.05) is 31.2 Å². The minimum atomic E-state index is -0.0763. The van der Waals surface area contributed by atoms with Crippen LogP contribution in [0, 0.1) is 0 Å². The summed E-state index contributed by atoms with van der Waals surface area (Å²) < 4.78 is 16.7. The summed E-state index contributed by atoms with van der Waals surface area (Å²) in [7, 11) is 0. The van der Waals surface area contributed by atoms with Gasteiger partial charge < -0.3 is 19.5 Å². The molecule has 0 aliphatic carbocycles. The van der Waals surface area contributed by atoms with Gasteiger partial charge >= 0.3 is 0 Å². The number of nitrogens with one attached hydrogen (secondary N) is 1. The molecule has 1 amide bonds. The summed E-state index contributed by atoms with van der Waals surface area (Å²) >= 11 is 0. The average Bonchev–Trinajstić information content (AvgIpc) is 2.66. The lowest BCUT2D eigenvalue weighted by Crippen LogP contribution is -2.47. The molecule has 0 radical (unpaired) electrons. The Hall–Kier alpha value is -2.05. The Labute approximate surface area is 148 Å². The van der Waals surface area contributed by atoms with Crippen LogP contribution >= 0.6 is 0 Å². The van der Waals surface area contributed by atoms with Crippen LogP contribution in [0.3, 0.4) is 0 Å². The third-order valence-corrected chi connectivity index (χ3v) is 4.53. The van der Waals surface area contributed by atoms with Crippen molar-refractivity contribution in [3.8, 4) is 11.5 Å². The molecule has 136 valence electrons. The van der Waals surface area contributed by atoms with Gasteiger partial charge in [0.2, 0.25) is 0 Å². The van der Waals surface area contributed by atoms with Crippen LogP contribution in [0.25, 0.3) is 6.08 Å². The molecule has 2 aliphatic heterocycles. The van der Waals surface area contributed by atoms with Gasteiger partial charge in [-0.25, -0.2) is 0 Å². The van der Waals surface area contributed by atoms with Crippen molar-refractivity contribution in [3.05, 3.63) is 29.3 Å². The number of para-hydroxylation sites is 1. The van der Waals surface area contributed by atoms with Gasteiger partial charge in [0.1, 0.15) is 6.61 Å². The SMILES string of the molecule is CCOc1cccc2c1OCC(C(=O)NCC(C)N1CCOCC1)=C2. The van der Waals surface area contributed by atoms with Crippen LogP contribution in [0.4, 0.5) is 0 Å². The van der Waals surface area contributed by atoms with Gasteiger partial charge in [0, 0.05) is 31.2 Å². The number of morpholine rings is 1. The van der Waals surface area contributed by atoms with Gasteiger partial charge in [-0.1, -0.05) is 12.1 Å². The van der Waals surface area contributed by atoms with E-state index in [-0.39, 0.29) is 18.6 Å². The number of benzene rings is 1. The third-order valence-electron chi connectivity index (χ3n) is 4.53. The van der Waals surface area contributed by atoms with Crippen molar-refractivity contribution < 1.29 is 19.0 Å². The number of carbonyl (C=O) groups is 1. The summed E-state index contributed by atoms with van der Waals surface area (Å²) in [5.74, 6) is 1.35. The molecule has 0 saturated carbocycles. The number of rotatable bonds is 6. The maximum absolute atomic E-state index is 12.5. The molecule has 2 aliphatic rings. The smallest absolute Gasteiger partial charge is 0.250 e. The van der Waals surface area contributed by atoms with Crippen LogP contribution in [-0.4, -0.2) is 62.9 Å². The van der Waals surface area contributed by atoms with Gasteiger partial charge in [0.15, 0.2) is 11.5 Å². The zero-order valence-electron chi connectivity index (χ0n) is 14.9. The molecule has 6 nitrogen and oxygen atoms in total. The van der Waals surface area contributed by atoms with Gasteiger partial charge in [0.25, 0.3) is 5.91 Å². The first-order valence-corrected chi connectivity index (χ1v) is 8.88. The van der Waals surface area contributed by atoms with Crippen molar-refractivity contribution in [2.24, 2.45) is 0 Å². The second-order valence-corrected chi connectivity index (χ2v) is 6.27. The van der Waals surface area contributed by atoms with Crippen molar-refractivity contribution in [3.63, 3.8) is 0 Å². The first-order valence-electron chi connectivity index (χ1n) is 8.88. The highest BCUT2D eigenvalue weighted by Crippen LogP contribution is 2.35. The van der Waals surface area contributed by atoms with Crippen LogP contribution < -0.4 is 14.8 Å². The fraction of sp³-hybridized carbons (Fsp3) is 0.526. The van der Waals surface area contributed by atoms with E-state index in [1.165, 1.54) is 0 Å². The number of nitrogens with zero attached hydrogens (tertiary/aromatic N) is 1. The molecule has 0 aromatic heterocycles. The average molecular weight is 346 g/mol. The van der Waals surface area contributed by atoms with Crippen LogP contribution in [0.15, 0.2) is 23.8 Å². The normalized spacial score (nSPS) is 18.6. The summed E-state index contributed by atoms with van der Waals surface area (Å²) in [5, 5.41) is 3.02. The molecule has 1 atom stereocenters. The second kappa shape index (κ2) is 8.36. The molecule has 0 spiro atoms. The summed E-state index contributed by atoms with van der Waals surface area (Å²) in [5.41, 5.74) is 1.51. The monoisotopic (exact) mass is 346 g/mol. The number of hydrogen-bond donors (Lipinski definition) is 1. The Morgan fingerprint density at radius 2 is 2.16 bits per heavy atom. The summed E-state index contributed by atoms with van der Waals surface area (Å²) in [4.78, 5) is 14.8. The predicted molar refractivity (Wildman–Crippen MR) is 95.9 cm³/mol. The van der Waals surface area contributed by atoms with E-state index in [0.29, 0.717) is 24.5 Å². The van der Waals surface area contributed by atoms with Crippen LogP contribution in [0.5, 0.6) is 11.5 Å². The standard InChI is InChI=1S/C19H26N2O4/c1-3-24-17-6-4-5-15-11-16(13-25-18(15)17)19(22)20-12-14(2)21-7-9-23-10-8-21/h4-6,11,14H,3,7-10,12-13H2,1-2H3,(H,20,22). The highest BCUT2D eigenvalue weighted by molar-refractivity contribution is 5.99. The minimum Gasteiger partial charge on any atom is -0.490 e. The van der Waals surface area contributed by atoms with Crippen molar-refractivity contribution in [1.29, 1.82) is 0 Å². The second-order valence-electron chi connectivity index (χ2n) is 6.27. The molecular formula is C19H26N2O4. The molecule has 1 N–H and O–H groups in total. The van der Waals surface area contributed by atoms with E-state index in [4.69, 9.17) is 14.2 Å². The van der Waals surface area contributed by atoms with Crippen molar-refractivity contribution in [2.45, 2.75) is 19.9 Å². The molecule has 3 rings (SSSR count). The molecule has 1 unspecified atom stereocenters. The lowest BCUT2D eigenvalue weighted by molar-refractivity contribution is -0.118. The number of ether oxygens (including phenoxy) is 3. The maximum Gasteiger partial charge on any atom is 0.250 e. The van der Waals surface area contributed by atoms with Gasteiger partial charge in [-0.05, 0) is 26.0 Å². The first-order chi connectivity index (χ1) is 12.2. The Balaban J connectivity index is 1.60. The topological polar surface area (TPSA) is 60.0 Å². The molecule has 0 bridgehead atoms. The van der Waals surface area contributed by atoms with Crippen LogP contribution in [0.2, 0.25) is 0 Å². The summed E-state index contributed by atoms with van der Waals surface area (Å²) in [6, 6.07) is 6.01. The number of amides is 1. The molecule has 2 heterocycles. The lowest BCUT2D eigenvalue weighted by atomic mass is 10.1. The minimum absolute atomic E-state index is 0.0763. The zero-order valence-corrected chi connectivity index (χ0v) is 14.9. The van der Waals surface area contributed by atoms with E-state index in [2.05, 4.69) is 17.1 Å². The molecule has 25 heavy (non-hydrogen) atoms. The Bertz CT molecular complexity index is 638. The van der Waals surface area contributed by atoms with Crippen molar-refractivity contribution in [1.82, 2.24) is 10.2 Å². The summed E-state index contributed by atoms with van der Waals surface area (Å²) in [6.07, 6.45) is 1.89.